The number of hydrogen-bond acceptors (Lipinski definition) is 4. The van der Waals surface area contributed by atoms with Crippen LogP contribution < -0.4 is 10.5 Å². The second kappa shape index (κ2) is 5.47. The molecule has 0 fully saturated rings. The lowest BCUT2D eigenvalue weighted by Crippen LogP contribution is -2.27. The molecule has 0 bridgehead atoms. The van der Waals surface area contributed by atoms with Crippen LogP contribution in [0.1, 0.15) is 0 Å². The topological polar surface area (TPSA) is 86.2 Å². The number of fused-ring (bicyclic) bond motifs is 1. The van der Waals surface area contributed by atoms with Crippen LogP contribution in [0.2, 0.25) is 0 Å². The van der Waals surface area contributed by atoms with Crippen molar-refractivity contribution in [1.82, 2.24) is 13.9 Å². The van der Waals surface area contributed by atoms with E-state index in [0.29, 0.717) is 17.6 Å². The summed E-state index contributed by atoms with van der Waals surface area (Å²) in [4.78, 5) is 11.5. The van der Waals surface area contributed by atoms with E-state index in [9.17, 15) is 13.2 Å². The first kappa shape index (κ1) is 14.6. The van der Waals surface area contributed by atoms with E-state index in [0.717, 1.165) is 0 Å². The third-order valence-electron chi connectivity index (χ3n) is 3.40. The van der Waals surface area contributed by atoms with Crippen LogP contribution >= 0.6 is 0 Å². The fraction of sp³-hybridized carbons (Fsp3) is 0.214. The molecule has 0 saturated carbocycles. The van der Waals surface area contributed by atoms with Gasteiger partial charge in [-0.05, 0) is 30.3 Å². The van der Waals surface area contributed by atoms with E-state index in [1.807, 2.05) is 29.1 Å². The Kier molecular flexibility index (Phi) is 3.63. The van der Waals surface area contributed by atoms with Crippen molar-refractivity contribution in [3.63, 3.8) is 0 Å². The SMILES string of the molecule is Cn1c(=O)oc2ccc(S(=O)(=O)NCCn3cccc3)cc21. The van der Waals surface area contributed by atoms with Crippen LogP contribution in [0.25, 0.3) is 11.1 Å². The molecule has 8 heteroatoms. The number of rotatable bonds is 5. The van der Waals surface area contributed by atoms with Gasteiger partial charge < -0.3 is 8.98 Å². The van der Waals surface area contributed by atoms with Crippen LogP contribution in [0.4, 0.5) is 0 Å². The van der Waals surface area contributed by atoms with Gasteiger partial charge in [-0.15, -0.1) is 0 Å². The molecule has 0 spiro atoms. The summed E-state index contributed by atoms with van der Waals surface area (Å²) >= 11 is 0. The summed E-state index contributed by atoms with van der Waals surface area (Å²) in [6.45, 7) is 0.817. The monoisotopic (exact) mass is 321 g/mol. The molecule has 22 heavy (non-hydrogen) atoms. The first-order valence-electron chi connectivity index (χ1n) is 6.67. The zero-order chi connectivity index (χ0) is 15.7. The number of aryl methyl sites for hydroxylation is 1. The maximum atomic E-state index is 12.3. The molecule has 2 heterocycles. The van der Waals surface area contributed by atoms with E-state index in [-0.39, 0.29) is 11.4 Å². The van der Waals surface area contributed by atoms with Gasteiger partial charge in [0.15, 0.2) is 5.58 Å². The molecule has 0 saturated heterocycles. The third-order valence-corrected chi connectivity index (χ3v) is 4.86. The molecule has 0 amide bonds. The second-order valence-corrected chi connectivity index (χ2v) is 6.64. The average Bonchev–Trinajstić information content (AvgIpc) is 3.08. The minimum Gasteiger partial charge on any atom is -0.408 e. The first-order chi connectivity index (χ1) is 10.5. The second-order valence-electron chi connectivity index (χ2n) is 4.88. The molecule has 0 aliphatic heterocycles. The molecule has 2 aromatic heterocycles. The van der Waals surface area contributed by atoms with Crippen molar-refractivity contribution in [2.75, 3.05) is 6.54 Å². The predicted octanol–water partition coefficient (Wildman–Crippen LogP) is 0.911. The van der Waals surface area contributed by atoms with Gasteiger partial charge in [0, 0.05) is 32.5 Å². The first-order valence-corrected chi connectivity index (χ1v) is 8.16. The molecule has 116 valence electrons. The predicted molar refractivity (Wildman–Crippen MR) is 81.1 cm³/mol. The molecule has 7 nitrogen and oxygen atoms in total. The Balaban J connectivity index is 1.82. The van der Waals surface area contributed by atoms with E-state index in [1.165, 1.54) is 29.8 Å². The van der Waals surface area contributed by atoms with Crippen molar-refractivity contribution < 1.29 is 12.8 Å². The third kappa shape index (κ3) is 2.70. The summed E-state index contributed by atoms with van der Waals surface area (Å²) in [6.07, 6.45) is 3.73. The molecule has 0 unspecified atom stereocenters. The van der Waals surface area contributed by atoms with Gasteiger partial charge in [0.25, 0.3) is 0 Å². The van der Waals surface area contributed by atoms with Gasteiger partial charge in [-0.1, -0.05) is 0 Å². The number of nitrogens with zero attached hydrogens (tertiary/aromatic N) is 2. The Labute approximate surface area is 126 Å². The molecule has 3 aromatic rings. The van der Waals surface area contributed by atoms with Crippen LogP contribution in [0.15, 0.2) is 56.8 Å². The quantitative estimate of drug-likeness (QED) is 0.757. The van der Waals surface area contributed by atoms with Gasteiger partial charge in [0.1, 0.15) is 0 Å². The van der Waals surface area contributed by atoms with E-state index >= 15 is 0 Å². The summed E-state index contributed by atoms with van der Waals surface area (Å²) in [5.41, 5.74) is 0.803. The van der Waals surface area contributed by atoms with Crippen LogP contribution in [-0.2, 0) is 23.6 Å². The number of hydrogen-bond donors (Lipinski definition) is 1. The molecular weight excluding hydrogens is 306 g/mol. The Morgan fingerprint density at radius 1 is 1.23 bits per heavy atom. The molecule has 0 aliphatic carbocycles. The van der Waals surface area contributed by atoms with E-state index in [2.05, 4.69) is 4.72 Å². The van der Waals surface area contributed by atoms with Crippen molar-refractivity contribution in [1.29, 1.82) is 0 Å². The van der Waals surface area contributed by atoms with Crippen molar-refractivity contribution in [2.45, 2.75) is 11.4 Å². The summed E-state index contributed by atoms with van der Waals surface area (Å²) in [7, 11) is -2.10. The fourth-order valence-corrected chi connectivity index (χ4v) is 3.23. The van der Waals surface area contributed by atoms with Gasteiger partial charge >= 0.3 is 5.76 Å². The normalized spacial score (nSPS) is 12.0. The minimum absolute atomic E-state index is 0.101. The van der Waals surface area contributed by atoms with E-state index in [4.69, 9.17) is 4.42 Å². The Morgan fingerprint density at radius 2 is 1.95 bits per heavy atom. The lowest BCUT2D eigenvalue weighted by molar-refractivity contribution is 0.528. The van der Waals surface area contributed by atoms with Gasteiger partial charge in [-0.2, -0.15) is 0 Å². The van der Waals surface area contributed by atoms with Crippen LogP contribution in [-0.4, -0.2) is 24.1 Å². The molecular formula is C14H15N3O4S. The van der Waals surface area contributed by atoms with Gasteiger partial charge in [-0.3, -0.25) is 4.57 Å². The van der Waals surface area contributed by atoms with Crippen molar-refractivity contribution in [3.8, 4) is 0 Å². The van der Waals surface area contributed by atoms with Crippen LogP contribution in [0.3, 0.4) is 0 Å². The average molecular weight is 321 g/mol. The smallest absolute Gasteiger partial charge is 0.408 e. The number of sulfonamides is 1. The fourth-order valence-electron chi connectivity index (χ4n) is 2.19. The lowest BCUT2D eigenvalue weighted by atomic mass is 10.3. The Morgan fingerprint density at radius 3 is 2.68 bits per heavy atom. The highest BCUT2D eigenvalue weighted by Gasteiger charge is 2.16. The highest BCUT2D eigenvalue weighted by Crippen LogP contribution is 2.17. The van der Waals surface area contributed by atoms with Crippen molar-refractivity contribution in [2.24, 2.45) is 7.05 Å². The summed E-state index contributed by atoms with van der Waals surface area (Å²) < 4.78 is 35.2. The molecule has 1 N–H and O–H groups in total. The molecule has 0 aliphatic rings. The zero-order valence-electron chi connectivity index (χ0n) is 11.9. The van der Waals surface area contributed by atoms with Gasteiger partial charge in [0.2, 0.25) is 10.0 Å². The molecule has 0 radical (unpaired) electrons. The largest absolute Gasteiger partial charge is 0.419 e. The Bertz CT molecular complexity index is 952. The minimum atomic E-state index is -3.63. The maximum absolute atomic E-state index is 12.3. The summed E-state index contributed by atoms with van der Waals surface area (Å²) in [5, 5.41) is 0. The lowest BCUT2D eigenvalue weighted by Gasteiger charge is -2.07. The number of nitrogens with one attached hydrogen (secondary N) is 1. The van der Waals surface area contributed by atoms with Crippen LogP contribution in [0.5, 0.6) is 0 Å². The maximum Gasteiger partial charge on any atom is 0.419 e. The van der Waals surface area contributed by atoms with E-state index in [1.54, 1.807) is 0 Å². The Hall–Kier alpha value is -2.32. The van der Waals surface area contributed by atoms with Crippen molar-refractivity contribution >= 4 is 21.1 Å². The highest BCUT2D eigenvalue weighted by atomic mass is 32.2. The van der Waals surface area contributed by atoms with E-state index < -0.39 is 15.8 Å². The van der Waals surface area contributed by atoms with Gasteiger partial charge in [0.05, 0.1) is 10.4 Å². The summed E-state index contributed by atoms with van der Waals surface area (Å²) in [6, 6.07) is 8.09. The number of oxazole rings is 1. The number of benzene rings is 1. The molecule has 3 rings (SSSR count). The van der Waals surface area contributed by atoms with Gasteiger partial charge in [-0.25, -0.2) is 17.9 Å². The molecule has 1 aromatic carbocycles. The van der Waals surface area contributed by atoms with Crippen molar-refractivity contribution in [3.05, 3.63) is 53.3 Å². The van der Waals surface area contributed by atoms with Crippen LogP contribution in [0, 0.1) is 0 Å². The number of aromatic nitrogens is 2. The summed E-state index contributed by atoms with van der Waals surface area (Å²) in [5.74, 6) is -0.523. The zero-order valence-corrected chi connectivity index (χ0v) is 12.7. The molecule has 0 atom stereocenters. The standard InChI is InChI=1S/C14H15N3O4S/c1-16-12-10-11(4-5-13(12)21-14(16)18)22(19,20)15-6-9-17-7-2-3-8-17/h2-5,7-8,10,15H,6,9H2,1H3. The highest BCUT2D eigenvalue weighted by molar-refractivity contribution is 7.89.